The first-order valence-electron chi connectivity index (χ1n) is 3.50. The quantitative estimate of drug-likeness (QED) is 0.647. The van der Waals surface area contributed by atoms with Crippen LogP contribution in [-0.2, 0) is 0 Å². The molecule has 0 saturated heterocycles. The van der Waals surface area contributed by atoms with E-state index in [0.29, 0.717) is 0 Å². The molecule has 0 aromatic carbocycles. The average molecular weight is 175 g/mol. The Balaban J connectivity index is -0.0000000933. The van der Waals surface area contributed by atoms with Crippen molar-refractivity contribution < 1.29 is 0 Å². The topological polar surface area (TPSA) is 12.0 Å². The van der Waals surface area contributed by atoms with Crippen LogP contribution in [0.1, 0.15) is 6.92 Å². The van der Waals surface area contributed by atoms with Crippen molar-refractivity contribution >= 4 is 11.8 Å². The molecule has 0 amide bonds. The van der Waals surface area contributed by atoms with Gasteiger partial charge in [0.2, 0.25) is 0 Å². The number of hydrogen-bond donors (Lipinski definition) is 1. The predicted octanol–water partition coefficient (Wildman–Crippen LogP) is 2.56. The summed E-state index contributed by atoms with van der Waals surface area (Å²) in [7, 11) is 3.75. The SMILES string of the molecule is C=CC.C=CCSC.CNC. The van der Waals surface area contributed by atoms with Crippen LogP contribution in [0.5, 0.6) is 0 Å². The number of thioether (sulfide) groups is 1. The standard InChI is InChI=1S/C4H8S.C3H6.C2H7N/c1-3-4-5-2;2*1-3-2/h3H,1,4H2,2H3;3H,1H2,2H3;3H,1-2H3. The van der Waals surface area contributed by atoms with Crippen LogP contribution < -0.4 is 5.32 Å². The van der Waals surface area contributed by atoms with E-state index in [1.54, 1.807) is 17.8 Å². The first-order chi connectivity index (χ1) is 5.24. The first kappa shape index (κ1) is 17.0. The van der Waals surface area contributed by atoms with Gasteiger partial charge in [-0.3, -0.25) is 0 Å². The number of allylic oxidation sites excluding steroid dienone is 1. The Hall–Kier alpha value is -0.210. The van der Waals surface area contributed by atoms with Crippen molar-refractivity contribution in [1.82, 2.24) is 5.32 Å². The molecule has 0 spiro atoms. The van der Waals surface area contributed by atoms with Crippen LogP contribution in [0.15, 0.2) is 25.3 Å². The van der Waals surface area contributed by atoms with E-state index in [9.17, 15) is 0 Å². The molecule has 0 radical (unpaired) electrons. The van der Waals surface area contributed by atoms with Crippen molar-refractivity contribution in [2.24, 2.45) is 0 Å². The van der Waals surface area contributed by atoms with Crippen molar-refractivity contribution in [3.8, 4) is 0 Å². The van der Waals surface area contributed by atoms with E-state index in [2.05, 4.69) is 24.7 Å². The fraction of sp³-hybridized carbons (Fsp3) is 0.556. The molecule has 68 valence electrons. The van der Waals surface area contributed by atoms with E-state index in [-0.39, 0.29) is 0 Å². The molecule has 1 N–H and O–H groups in total. The predicted molar refractivity (Wildman–Crippen MR) is 59.4 cm³/mol. The normalized spacial score (nSPS) is 6.18. The molecule has 2 heteroatoms. The zero-order chi connectivity index (χ0) is 9.54. The van der Waals surface area contributed by atoms with Crippen molar-refractivity contribution in [2.45, 2.75) is 6.92 Å². The van der Waals surface area contributed by atoms with Crippen LogP contribution in [0, 0.1) is 0 Å². The van der Waals surface area contributed by atoms with Crippen LogP contribution in [0.3, 0.4) is 0 Å². The fourth-order valence-electron chi connectivity index (χ4n) is 0.118. The Labute approximate surface area is 76.0 Å². The van der Waals surface area contributed by atoms with Crippen molar-refractivity contribution in [1.29, 1.82) is 0 Å². The van der Waals surface area contributed by atoms with Gasteiger partial charge in [0.05, 0.1) is 0 Å². The van der Waals surface area contributed by atoms with Crippen LogP contribution in [-0.4, -0.2) is 26.1 Å². The molecule has 0 atom stereocenters. The Morgan fingerprint density at radius 3 is 1.64 bits per heavy atom. The molecule has 0 unspecified atom stereocenters. The van der Waals surface area contributed by atoms with Gasteiger partial charge in [0.1, 0.15) is 0 Å². The van der Waals surface area contributed by atoms with Gasteiger partial charge in [-0.15, -0.1) is 13.2 Å². The molecular formula is C9H21NS. The summed E-state index contributed by atoms with van der Waals surface area (Å²) in [5.41, 5.74) is 0. The molecule has 0 aliphatic heterocycles. The van der Waals surface area contributed by atoms with Gasteiger partial charge in [-0.2, -0.15) is 11.8 Å². The van der Waals surface area contributed by atoms with E-state index in [1.807, 2.05) is 27.1 Å². The molecule has 0 aliphatic carbocycles. The van der Waals surface area contributed by atoms with E-state index in [1.165, 1.54) is 0 Å². The summed E-state index contributed by atoms with van der Waals surface area (Å²) in [4.78, 5) is 0. The Morgan fingerprint density at radius 1 is 1.36 bits per heavy atom. The Bertz CT molecular complexity index is 62.6. The van der Waals surface area contributed by atoms with Gasteiger partial charge in [-0.25, -0.2) is 0 Å². The third-order valence-corrected chi connectivity index (χ3v) is 0.854. The maximum Gasteiger partial charge on any atom is 0.0107 e. The molecule has 0 rings (SSSR count). The number of hydrogen-bond acceptors (Lipinski definition) is 2. The third kappa shape index (κ3) is 185. The zero-order valence-corrected chi connectivity index (χ0v) is 9.00. The molecule has 0 bridgehead atoms. The minimum atomic E-state index is 1.07. The van der Waals surface area contributed by atoms with Crippen LogP contribution in [0.2, 0.25) is 0 Å². The lowest BCUT2D eigenvalue weighted by atomic mass is 10.8. The molecule has 0 aromatic heterocycles. The highest BCUT2D eigenvalue weighted by Crippen LogP contribution is 1.87. The molecule has 0 saturated carbocycles. The smallest absolute Gasteiger partial charge is 0.0107 e. The van der Waals surface area contributed by atoms with Gasteiger partial charge in [-0.05, 0) is 27.3 Å². The lowest BCUT2D eigenvalue weighted by Gasteiger charge is -1.74. The summed E-state index contributed by atoms with van der Waals surface area (Å²) < 4.78 is 0. The molecular weight excluding hydrogens is 154 g/mol. The summed E-state index contributed by atoms with van der Waals surface area (Å²) in [6, 6.07) is 0. The number of nitrogens with one attached hydrogen (secondary N) is 1. The van der Waals surface area contributed by atoms with E-state index >= 15 is 0 Å². The average Bonchev–Trinajstić information content (AvgIpc) is 1.92. The largest absolute Gasteiger partial charge is 0.323 e. The summed E-state index contributed by atoms with van der Waals surface area (Å²) in [6.45, 7) is 8.78. The highest BCUT2D eigenvalue weighted by molar-refractivity contribution is 7.98. The second-order valence-corrected chi connectivity index (χ2v) is 2.56. The molecule has 0 aromatic rings. The monoisotopic (exact) mass is 175 g/mol. The summed E-state index contributed by atoms with van der Waals surface area (Å²) in [5, 5.41) is 2.75. The molecule has 0 fully saturated rings. The van der Waals surface area contributed by atoms with Gasteiger partial charge >= 0.3 is 0 Å². The second-order valence-electron chi connectivity index (χ2n) is 1.65. The summed E-state index contributed by atoms with van der Waals surface area (Å²) in [5.74, 6) is 1.07. The minimum absolute atomic E-state index is 1.07. The van der Waals surface area contributed by atoms with Crippen molar-refractivity contribution in [2.75, 3.05) is 26.1 Å². The number of rotatable bonds is 2. The van der Waals surface area contributed by atoms with Gasteiger partial charge < -0.3 is 5.32 Å². The van der Waals surface area contributed by atoms with Crippen molar-refractivity contribution in [3.63, 3.8) is 0 Å². The van der Waals surface area contributed by atoms with Crippen LogP contribution in [0.25, 0.3) is 0 Å². The molecule has 0 heterocycles. The van der Waals surface area contributed by atoms with E-state index in [0.717, 1.165) is 5.75 Å². The highest BCUT2D eigenvalue weighted by Gasteiger charge is 1.60. The summed E-state index contributed by atoms with van der Waals surface area (Å²) in [6.07, 6.45) is 5.70. The van der Waals surface area contributed by atoms with Gasteiger partial charge in [0.15, 0.2) is 0 Å². The van der Waals surface area contributed by atoms with Crippen molar-refractivity contribution in [3.05, 3.63) is 25.3 Å². The van der Waals surface area contributed by atoms with E-state index < -0.39 is 0 Å². The maximum atomic E-state index is 3.53. The third-order valence-electron chi connectivity index (χ3n) is 0.285. The first-order valence-corrected chi connectivity index (χ1v) is 4.89. The molecule has 0 aliphatic rings. The second kappa shape index (κ2) is 33.0. The van der Waals surface area contributed by atoms with Gasteiger partial charge in [-0.1, -0.05) is 12.2 Å². The highest BCUT2D eigenvalue weighted by atomic mass is 32.2. The lowest BCUT2D eigenvalue weighted by Crippen LogP contribution is -1.89. The maximum absolute atomic E-state index is 3.53. The van der Waals surface area contributed by atoms with Crippen LogP contribution in [0.4, 0.5) is 0 Å². The lowest BCUT2D eigenvalue weighted by molar-refractivity contribution is 1.02. The van der Waals surface area contributed by atoms with Crippen LogP contribution >= 0.6 is 11.8 Å². The summed E-state index contributed by atoms with van der Waals surface area (Å²) >= 11 is 1.78. The Morgan fingerprint density at radius 2 is 1.64 bits per heavy atom. The zero-order valence-electron chi connectivity index (χ0n) is 8.18. The van der Waals surface area contributed by atoms with E-state index in [4.69, 9.17) is 0 Å². The van der Waals surface area contributed by atoms with Gasteiger partial charge in [0.25, 0.3) is 0 Å². The van der Waals surface area contributed by atoms with Gasteiger partial charge in [0, 0.05) is 5.75 Å². The Kier molecular flexibility index (Phi) is 51.1. The minimum Gasteiger partial charge on any atom is -0.323 e. The molecule has 11 heavy (non-hydrogen) atoms. The fourth-order valence-corrected chi connectivity index (χ4v) is 0.354. The molecule has 1 nitrogen and oxygen atoms in total.